The molecule has 0 radical (unpaired) electrons. The Morgan fingerprint density at radius 3 is 2.41 bits per heavy atom. The molecule has 0 aliphatic heterocycles. The Labute approximate surface area is 160 Å². The van der Waals surface area contributed by atoms with E-state index in [1.54, 1.807) is 0 Å². The number of nitriles is 1. The summed E-state index contributed by atoms with van der Waals surface area (Å²) in [6.45, 7) is 8.35. The van der Waals surface area contributed by atoms with Crippen LogP contribution in [0.2, 0.25) is 0 Å². The number of urea groups is 1. The zero-order valence-electron chi connectivity index (χ0n) is 16.3. The van der Waals surface area contributed by atoms with Crippen LogP contribution in [0.15, 0.2) is 24.3 Å². The van der Waals surface area contributed by atoms with Gasteiger partial charge in [-0.25, -0.2) is 4.79 Å². The van der Waals surface area contributed by atoms with Gasteiger partial charge in [-0.15, -0.1) is 5.10 Å². The molecule has 0 spiro atoms. The normalized spacial score (nSPS) is 10.4. The predicted octanol–water partition coefficient (Wildman–Crippen LogP) is 3.62. The summed E-state index contributed by atoms with van der Waals surface area (Å²) >= 11 is 0. The number of nitrogens with one attached hydrogen (secondary N) is 3. The summed E-state index contributed by atoms with van der Waals surface area (Å²) in [5, 5.41) is 26.7. The second-order valence-corrected chi connectivity index (χ2v) is 6.47. The zero-order valence-corrected chi connectivity index (χ0v) is 16.3. The highest BCUT2D eigenvalue weighted by Gasteiger charge is 2.14. The van der Waals surface area contributed by atoms with Gasteiger partial charge in [0.1, 0.15) is 11.6 Å². The van der Waals surface area contributed by atoms with Crippen molar-refractivity contribution in [2.75, 3.05) is 10.6 Å². The Kier molecular flexibility index (Phi) is 7.12. The molecule has 0 atom stereocenters. The van der Waals surface area contributed by atoms with Crippen molar-refractivity contribution in [2.24, 2.45) is 0 Å². The average molecular weight is 366 g/mol. The van der Waals surface area contributed by atoms with Crippen molar-refractivity contribution < 1.29 is 4.79 Å². The molecular formula is C20H26N6O. The fourth-order valence-corrected chi connectivity index (χ4v) is 2.74. The number of hydrogen-bond acceptors (Lipinski definition) is 5. The summed E-state index contributed by atoms with van der Waals surface area (Å²) in [5.74, 6) is 0.505. The fourth-order valence-electron chi connectivity index (χ4n) is 2.74. The first-order chi connectivity index (χ1) is 13.0. The van der Waals surface area contributed by atoms with Crippen LogP contribution in [0.25, 0.3) is 0 Å². The predicted molar refractivity (Wildman–Crippen MR) is 107 cm³/mol. The van der Waals surface area contributed by atoms with Crippen LogP contribution in [-0.2, 0) is 19.4 Å². The maximum atomic E-state index is 11.7. The molecule has 3 N–H and O–H groups in total. The highest BCUT2D eigenvalue weighted by atomic mass is 16.2. The zero-order chi connectivity index (χ0) is 19.8. The Balaban J connectivity index is 2.05. The third-order valence-corrected chi connectivity index (χ3v) is 4.05. The number of hydrogen-bond donors (Lipinski definition) is 3. The van der Waals surface area contributed by atoms with E-state index >= 15 is 0 Å². The molecule has 0 unspecified atom stereocenters. The van der Waals surface area contributed by atoms with Gasteiger partial charge < -0.3 is 16.0 Å². The summed E-state index contributed by atoms with van der Waals surface area (Å²) in [7, 11) is 0. The third-order valence-electron chi connectivity index (χ3n) is 4.05. The SMILES string of the molecule is CCc1nnc(NCc2ccc(NC(=O)NC(C)C)cc2)c(C#N)c1CC. The van der Waals surface area contributed by atoms with Crippen LogP contribution in [0, 0.1) is 11.3 Å². The second-order valence-electron chi connectivity index (χ2n) is 6.47. The largest absolute Gasteiger partial charge is 0.363 e. The molecule has 2 rings (SSSR count). The van der Waals surface area contributed by atoms with Gasteiger partial charge in [0, 0.05) is 18.3 Å². The summed E-state index contributed by atoms with van der Waals surface area (Å²) < 4.78 is 0. The molecule has 2 amide bonds. The van der Waals surface area contributed by atoms with Gasteiger partial charge in [0.05, 0.1) is 5.69 Å². The molecule has 1 aromatic heterocycles. The first kappa shape index (κ1) is 20.2. The lowest BCUT2D eigenvalue weighted by Crippen LogP contribution is -2.34. The molecule has 0 saturated carbocycles. The van der Waals surface area contributed by atoms with Crippen LogP contribution in [0.1, 0.15) is 50.1 Å². The molecule has 142 valence electrons. The minimum Gasteiger partial charge on any atom is -0.363 e. The highest BCUT2D eigenvalue weighted by molar-refractivity contribution is 5.89. The van der Waals surface area contributed by atoms with Crippen LogP contribution in [0.3, 0.4) is 0 Å². The van der Waals surface area contributed by atoms with Gasteiger partial charge in [0.15, 0.2) is 5.82 Å². The summed E-state index contributed by atoms with van der Waals surface area (Å²) in [5.41, 5.74) is 4.11. The number of rotatable bonds is 7. The van der Waals surface area contributed by atoms with Gasteiger partial charge in [-0.1, -0.05) is 26.0 Å². The van der Waals surface area contributed by atoms with Crippen molar-refractivity contribution in [3.8, 4) is 6.07 Å². The Morgan fingerprint density at radius 1 is 1.15 bits per heavy atom. The van der Waals surface area contributed by atoms with E-state index in [2.05, 4.69) is 32.2 Å². The molecular weight excluding hydrogens is 340 g/mol. The maximum Gasteiger partial charge on any atom is 0.319 e. The van der Waals surface area contributed by atoms with Crippen molar-refractivity contribution in [3.05, 3.63) is 46.6 Å². The molecule has 1 heterocycles. The summed E-state index contributed by atoms with van der Waals surface area (Å²) in [6, 6.07) is 9.61. The van der Waals surface area contributed by atoms with E-state index < -0.39 is 0 Å². The Bertz CT molecular complexity index is 824. The molecule has 0 saturated heterocycles. The molecule has 7 nitrogen and oxygen atoms in total. The smallest absolute Gasteiger partial charge is 0.319 e. The lowest BCUT2D eigenvalue weighted by molar-refractivity contribution is 0.250. The van der Waals surface area contributed by atoms with E-state index in [0.717, 1.165) is 35.3 Å². The highest BCUT2D eigenvalue weighted by Crippen LogP contribution is 2.20. The van der Waals surface area contributed by atoms with Crippen LogP contribution in [0.4, 0.5) is 16.3 Å². The number of anilines is 2. The van der Waals surface area contributed by atoms with E-state index in [1.807, 2.05) is 52.0 Å². The quantitative estimate of drug-likeness (QED) is 0.694. The van der Waals surface area contributed by atoms with Crippen LogP contribution < -0.4 is 16.0 Å². The topological polar surface area (TPSA) is 103 Å². The number of aromatic nitrogens is 2. The maximum absolute atomic E-state index is 11.7. The number of benzene rings is 1. The standard InChI is InChI=1S/C20H26N6O/c1-5-16-17(11-21)19(26-25-18(16)6-2)22-12-14-7-9-15(10-8-14)24-20(27)23-13(3)4/h7-10,13H,5-6,12H2,1-4H3,(H,22,26)(H2,23,24,27). The summed E-state index contributed by atoms with van der Waals surface area (Å²) in [6.07, 6.45) is 1.50. The molecule has 27 heavy (non-hydrogen) atoms. The molecule has 0 bridgehead atoms. The van der Waals surface area contributed by atoms with Gasteiger partial charge in [0.2, 0.25) is 0 Å². The first-order valence-corrected chi connectivity index (χ1v) is 9.17. The van der Waals surface area contributed by atoms with Crippen molar-refractivity contribution in [1.82, 2.24) is 15.5 Å². The van der Waals surface area contributed by atoms with E-state index in [9.17, 15) is 10.1 Å². The van der Waals surface area contributed by atoms with E-state index in [0.29, 0.717) is 17.9 Å². The second kappa shape index (κ2) is 9.53. The molecule has 0 aliphatic rings. The third kappa shape index (κ3) is 5.42. The summed E-state index contributed by atoms with van der Waals surface area (Å²) in [4.78, 5) is 11.7. The Morgan fingerprint density at radius 2 is 1.85 bits per heavy atom. The van der Waals surface area contributed by atoms with Gasteiger partial charge >= 0.3 is 6.03 Å². The Hall–Kier alpha value is -3.14. The van der Waals surface area contributed by atoms with Crippen LogP contribution in [-0.4, -0.2) is 22.3 Å². The minimum absolute atomic E-state index is 0.0796. The average Bonchev–Trinajstić information content (AvgIpc) is 2.65. The number of carbonyl (C=O) groups is 1. The fraction of sp³-hybridized carbons (Fsp3) is 0.400. The molecule has 7 heteroatoms. The number of amides is 2. The van der Waals surface area contributed by atoms with E-state index in [1.165, 1.54) is 0 Å². The first-order valence-electron chi connectivity index (χ1n) is 9.17. The lowest BCUT2D eigenvalue weighted by Gasteiger charge is -2.13. The van der Waals surface area contributed by atoms with Gasteiger partial charge in [0.25, 0.3) is 0 Å². The van der Waals surface area contributed by atoms with Crippen LogP contribution in [0.5, 0.6) is 0 Å². The van der Waals surface area contributed by atoms with Gasteiger partial charge in [-0.05, 0) is 49.9 Å². The van der Waals surface area contributed by atoms with Crippen molar-refractivity contribution in [1.29, 1.82) is 5.26 Å². The van der Waals surface area contributed by atoms with Gasteiger partial charge in [-0.2, -0.15) is 10.4 Å². The van der Waals surface area contributed by atoms with Crippen molar-refractivity contribution in [3.63, 3.8) is 0 Å². The van der Waals surface area contributed by atoms with E-state index in [4.69, 9.17) is 0 Å². The molecule has 0 fully saturated rings. The molecule has 0 aliphatic carbocycles. The minimum atomic E-state index is -0.229. The van der Waals surface area contributed by atoms with Gasteiger partial charge in [-0.3, -0.25) is 0 Å². The monoisotopic (exact) mass is 366 g/mol. The van der Waals surface area contributed by atoms with Crippen LogP contribution >= 0.6 is 0 Å². The number of carbonyl (C=O) groups excluding carboxylic acids is 1. The van der Waals surface area contributed by atoms with Crippen molar-refractivity contribution >= 4 is 17.5 Å². The van der Waals surface area contributed by atoms with E-state index in [-0.39, 0.29) is 12.1 Å². The number of aryl methyl sites for hydroxylation is 1. The van der Waals surface area contributed by atoms with Crippen molar-refractivity contribution in [2.45, 2.75) is 53.1 Å². The number of nitrogens with zero attached hydrogens (tertiary/aromatic N) is 3. The molecule has 1 aromatic carbocycles. The lowest BCUT2D eigenvalue weighted by atomic mass is 10.0. The molecule has 2 aromatic rings.